The second kappa shape index (κ2) is 19.7. The van der Waals surface area contributed by atoms with E-state index in [0.29, 0.717) is 13.0 Å². The van der Waals surface area contributed by atoms with Gasteiger partial charge in [-0.3, -0.25) is 33.6 Å². The van der Waals surface area contributed by atoms with Gasteiger partial charge >= 0.3 is 0 Å². The number of nitrogens with two attached hydrogens (primary N) is 1. The zero-order chi connectivity index (χ0) is 32.3. The van der Waals surface area contributed by atoms with Crippen LogP contribution in [0.15, 0.2) is 30.3 Å². The van der Waals surface area contributed by atoms with Crippen molar-refractivity contribution in [2.75, 3.05) is 39.8 Å². The molecule has 230 valence electrons. The first kappa shape index (κ1) is 36.7. The fourth-order valence-corrected chi connectivity index (χ4v) is 3.57. The van der Waals surface area contributed by atoms with Gasteiger partial charge in [0.2, 0.25) is 41.9 Å². The summed E-state index contributed by atoms with van der Waals surface area (Å²) in [5.74, 6) is -3.73. The minimum atomic E-state index is -1.79. The second-order valence-electron chi connectivity index (χ2n) is 9.98. The molecule has 0 bridgehead atoms. The van der Waals surface area contributed by atoms with E-state index in [9.17, 15) is 33.6 Å². The number of primary amides is 1. The Hall–Kier alpha value is -4.36. The van der Waals surface area contributed by atoms with Crippen molar-refractivity contribution < 1.29 is 33.6 Å². The Morgan fingerprint density at radius 3 is 2.12 bits per heavy atom. The molecule has 0 saturated heterocycles. The molecular weight excluding hydrogens is 556 g/mol. The number of hydrogen-bond acceptors (Lipinski definition) is 7. The van der Waals surface area contributed by atoms with Crippen LogP contribution in [0.25, 0.3) is 0 Å². The highest BCUT2D eigenvalue weighted by Gasteiger charge is 2.24. The first-order chi connectivity index (χ1) is 20.3. The summed E-state index contributed by atoms with van der Waals surface area (Å²) in [6.45, 7) is -0.653. The Kier molecular flexibility index (Phi) is 16.8. The normalized spacial score (nSPS) is 11.4. The number of nitrogens with zero attached hydrogens (tertiary/aromatic N) is 1. The number of carbonyl (C=O) groups excluding carboxylic acids is 7. The number of benzene rings is 1. The maximum atomic E-state index is 12.8. The van der Waals surface area contributed by atoms with Gasteiger partial charge in [0, 0.05) is 33.0 Å². The molecular formula is C27H39B2N7O7. The predicted molar refractivity (Wildman–Crippen MR) is 159 cm³/mol. The van der Waals surface area contributed by atoms with E-state index in [0.717, 1.165) is 24.8 Å². The minimum Gasteiger partial charge on any atom is -0.370 e. The first-order valence-electron chi connectivity index (χ1n) is 13.8. The highest BCUT2D eigenvalue weighted by Crippen LogP contribution is 2.18. The zero-order valence-corrected chi connectivity index (χ0v) is 24.4. The van der Waals surface area contributed by atoms with E-state index in [1.54, 1.807) is 37.4 Å². The summed E-state index contributed by atoms with van der Waals surface area (Å²) >= 11 is 0. The maximum absolute atomic E-state index is 12.8. The molecule has 1 atom stereocenters. The second-order valence-corrected chi connectivity index (χ2v) is 9.98. The summed E-state index contributed by atoms with van der Waals surface area (Å²) in [6.07, 6.45) is 3.06. The molecule has 0 aliphatic rings. The van der Waals surface area contributed by atoms with E-state index in [4.69, 9.17) is 21.4 Å². The zero-order valence-electron chi connectivity index (χ0n) is 24.4. The summed E-state index contributed by atoms with van der Waals surface area (Å²) < 4.78 is 0. The van der Waals surface area contributed by atoms with Crippen molar-refractivity contribution in [3.63, 3.8) is 0 Å². The Morgan fingerprint density at radius 1 is 0.860 bits per heavy atom. The summed E-state index contributed by atoms with van der Waals surface area (Å²) in [7, 11) is 12.7. The molecule has 0 aliphatic carbocycles. The molecule has 16 heteroatoms. The van der Waals surface area contributed by atoms with Crippen LogP contribution in [0, 0.1) is 0 Å². The van der Waals surface area contributed by atoms with Crippen LogP contribution in [-0.4, -0.2) is 108 Å². The molecule has 1 aromatic rings. The smallest absolute Gasteiger partial charge is 0.243 e. The maximum Gasteiger partial charge on any atom is 0.243 e. The van der Waals surface area contributed by atoms with E-state index >= 15 is 0 Å². The van der Waals surface area contributed by atoms with Crippen molar-refractivity contribution in [3.8, 4) is 0 Å². The Bertz CT molecular complexity index is 1110. The quantitative estimate of drug-likeness (QED) is 0.0498. The molecule has 7 N–H and O–H groups in total. The van der Waals surface area contributed by atoms with Gasteiger partial charge in [-0.15, -0.1) is 0 Å². The van der Waals surface area contributed by atoms with Crippen LogP contribution in [0.2, 0.25) is 5.21 Å². The molecule has 1 unspecified atom stereocenters. The van der Waals surface area contributed by atoms with Crippen molar-refractivity contribution >= 4 is 57.5 Å². The number of carbonyl (C=O) groups is 7. The Labute approximate surface area is 253 Å². The van der Waals surface area contributed by atoms with Crippen LogP contribution < -0.4 is 32.3 Å². The Morgan fingerprint density at radius 2 is 1.47 bits per heavy atom. The largest absolute Gasteiger partial charge is 0.370 e. The first-order valence-corrected chi connectivity index (χ1v) is 13.8. The van der Waals surface area contributed by atoms with Gasteiger partial charge in [0.1, 0.15) is 6.04 Å². The van der Waals surface area contributed by atoms with Crippen LogP contribution in [0.3, 0.4) is 0 Å². The lowest BCUT2D eigenvalue weighted by Gasteiger charge is -2.21. The molecule has 14 nitrogen and oxygen atoms in total. The Balaban J connectivity index is 2.50. The highest BCUT2D eigenvalue weighted by atomic mass is 16.2. The monoisotopic (exact) mass is 595 g/mol. The van der Waals surface area contributed by atoms with Crippen LogP contribution in [0.1, 0.15) is 37.7 Å². The molecule has 0 aromatic heterocycles. The molecule has 1 aromatic carbocycles. The highest BCUT2D eigenvalue weighted by molar-refractivity contribution is 6.50. The average Bonchev–Trinajstić information content (AvgIpc) is 2.97. The van der Waals surface area contributed by atoms with Crippen LogP contribution in [0.4, 0.5) is 0 Å². The molecule has 0 fully saturated rings. The molecule has 43 heavy (non-hydrogen) atoms. The van der Waals surface area contributed by atoms with Crippen LogP contribution in [-0.2, 0) is 40.0 Å². The summed E-state index contributed by atoms with van der Waals surface area (Å²) in [6, 6.07) is 7.78. The molecule has 4 radical (unpaired) electrons. The average molecular weight is 595 g/mol. The fraction of sp³-hybridized carbons (Fsp3) is 0.519. The number of nitrogens with one attached hydrogen (secondary N) is 5. The SMILES string of the molecule is [B]C([B])(CCNC(=O)CNC(=O)C(Cc1ccccc1)NC(=O)CNC(=O)CNC(=O)CCCCCN(C)C=O)C(N)=O. The third-order valence-electron chi connectivity index (χ3n) is 6.16. The molecule has 1 rings (SSSR count). The fourth-order valence-electron chi connectivity index (χ4n) is 3.57. The van der Waals surface area contributed by atoms with Crippen molar-refractivity contribution in [1.82, 2.24) is 31.5 Å². The van der Waals surface area contributed by atoms with Gasteiger partial charge < -0.3 is 37.2 Å². The van der Waals surface area contributed by atoms with Gasteiger partial charge in [0.25, 0.3) is 0 Å². The van der Waals surface area contributed by atoms with Gasteiger partial charge in [-0.1, -0.05) is 36.8 Å². The van der Waals surface area contributed by atoms with E-state index in [-0.39, 0.29) is 38.3 Å². The standard InChI is InChI=1S/C27H39B2N7O7/c1-36(18-37)13-7-3-6-10-21(38)32-15-23(40)33-17-24(41)35-20(14-19-8-4-2-5-9-19)25(42)34-16-22(39)31-12-11-27(28,29)26(30)43/h2,4-5,8-9,18,20H,3,6-7,10-17H2,1H3,(H2,30,43)(H,31,39)(H,32,38)(H,33,40)(H,34,42)(H,35,41). The van der Waals surface area contributed by atoms with Gasteiger partial charge in [-0.05, 0) is 30.0 Å². The van der Waals surface area contributed by atoms with Crippen molar-refractivity contribution in [2.45, 2.75) is 49.8 Å². The number of amides is 7. The molecule has 0 saturated carbocycles. The topological polar surface area (TPSA) is 209 Å². The van der Waals surface area contributed by atoms with Gasteiger partial charge in [-0.2, -0.15) is 0 Å². The lowest BCUT2D eigenvalue weighted by atomic mass is 9.52. The lowest BCUT2D eigenvalue weighted by molar-refractivity contribution is -0.131. The molecule has 0 aliphatic heterocycles. The van der Waals surface area contributed by atoms with E-state index in [2.05, 4.69) is 26.6 Å². The van der Waals surface area contributed by atoms with Crippen molar-refractivity contribution in [3.05, 3.63) is 35.9 Å². The van der Waals surface area contributed by atoms with Crippen molar-refractivity contribution in [2.24, 2.45) is 5.73 Å². The third kappa shape index (κ3) is 16.6. The third-order valence-corrected chi connectivity index (χ3v) is 6.16. The summed E-state index contributed by atoms with van der Waals surface area (Å²) in [4.78, 5) is 84.7. The number of unbranched alkanes of at least 4 members (excludes halogenated alkanes) is 2. The molecule has 7 amide bonds. The predicted octanol–water partition coefficient (Wildman–Crippen LogP) is -2.84. The molecule has 0 spiro atoms. The summed E-state index contributed by atoms with van der Waals surface area (Å²) in [5, 5.41) is 10.5. The number of hydrogen-bond donors (Lipinski definition) is 6. The van der Waals surface area contributed by atoms with E-state index in [1.807, 2.05) is 0 Å². The number of rotatable bonds is 21. The minimum absolute atomic E-state index is 0.0602. The van der Waals surface area contributed by atoms with E-state index < -0.39 is 53.9 Å². The van der Waals surface area contributed by atoms with Crippen LogP contribution in [0.5, 0.6) is 0 Å². The van der Waals surface area contributed by atoms with Gasteiger partial charge in [0.15, 0.2) is 0 Å². The van der Waals surface area contributed by atoms with Crippen molar-refractivity contribution in [1.29, 1.82) is 0 Å². The van der Waals surface area contributed by atoms with Gasteiger partial charge in [0.05, 0.1) is 35.3 Å². The van der Waals surface area contributed by atoms with Gasteiger partial charge in [-0.25, -0.2) is 0 Å². The lowest BCUT2D eigenvalue weighted by Crippen LogP contribution is -2.52. The molecule has 0 heterocycles. The van der Waals surface area contributed by atoms with Crippen LogP contribution >= 0.6 is 0 Å². The summed E-state index contributed by atoms with van der Waals surface area (Å²) in [5.41, 5.74) is 5.82. The van der Waals surface area contributed by atoms with E-state index in [1.165, 1.54) is 4.90 Å².